The van der Waals surface area contributed by atoms with Crippen LogP contribution in [0.5, 0.6) is 0 Å². The van der Waals surface area contributed by atoms with Gasteiger partial charge >= 0.3 is 0 Å². The van der Waals surface area contributed by atoms with Crippen LogP contribution in [-0.2, 0) is 10.1 Å². The molecule has 1 aromatic rings. The fourth-order valence-electron chi connectivity index (χ4n) is 1.92. The molecule has 0 bridgehead atoms. The van der Waals surface area contributed by atoms with Crippen LogP contribution in [0.15, 0.2) is 24.3 Å². The summed E-state index contributed by atoms with van der Waals surface area (Å²) in [5.74, 6) is 0.272. The first-order chi connectivity index (χ1) is 9.77. The van der Waals surface area contributed by atoms with Crippen molar-refractivity contribution in [3.63, 3.8) is 0 Å². The van der Waals surface area contributed by atoms with Crippen LogP contribution in [0.3, 0.4) is 0 Å². The SMILES string of the molecule is CCCCCCC(CO)c1ccc(Cl)cc1.CS(=O)(=O)O. The van der Waals surface area contributed by atoms with Crippen LogP contribution in [0.4, 0.5) is 0 Å². The smallest absolute Gasteiger partial charge is 0.261 e. The molecule has 0 saturated carbocycles. The minimum absolute atomic E-state index is 0.230. The van der Waals surface area contributed by atoms with Crippen molar-refractivity contribution >= 4 is 21.7 Å². The molecule has 0 aliphatic carbocycles. The van der Waals surface area contributed by atoms with Crippen molar-refractivity contribution in [2.24, 2.45) is 0 Å². The van der Waals surface area contributed by atoms with Gasteiger partial charge in [0.2, 0.25) is 0 Å². The number of benzene rings is 1. The largest absolute Gasteiger partial charge is 0.396 e. The Bertz CT molecular complexity index is 463. The normalized spacial score (nSPS) is 12.4. The van der Waals surface area contributed by atoms with E-state index in [0.29, 0.717) is 6.26 Å². The van der Waals surface area contributed by atoms with E-state index in [2.05, 4.69) is 6.92 Å². The molecule has 1 unspecified atom stereocenters. The van der Waals surface area contributed by atoms with Crippen LogP contribution in [-0.4, -0.2) is 30.9 Å². The van der Waals surface area contributed by atoms with Crippen LogP contribution < -0.4 is 0 Å². The molecule has 0 amide bonds. The number of hydrogen-bond donors (Lipinski definition) is 2. The molecule has 0 aliphatic rings. The number of hydrogen-bond acceptors (Lipinski definition) is 3. The molecule has 0 fully saturated rings. The van der Waals surface area contributed by atoms with E-state index in [4.69, 9.17) is 16.2 Å². The quantitative estimate of drug-likeness (QED) is 0.585. The molecule has 0 aliphatic heterocycles. The van der Waals surface area contributed by atoms with Crippen molar-refractivity contribution in [1.29, 1.82) is 0 Å². The van der Waals surface area contributed by atoms with Crippen LogP contribution in [0.2, 0.25) is 5.02 Å². The van der Waals surface area contributed by atoms with Crippen molar-refractivity contribution in [2.45, 2.75) is 44.9 Å². The minimum atomic E-state index is -3.67. The summed E-state index contributed by atoms with van der Waals surface area (Å²) in [4.78, 5) is 0. The summed E-state index contributed by atoms with van der Waals surface area (Å²) in [6, 6.07) is 7.82. The Morgan fingerprint density at radius 1 is 1.14 bits per heavy atom. The van der Waals surface area contributed by atoms with Crippen LogP contribution in [0, 0.1) is 0 Å². The maximum Gasteiger partial charge on any atom is 0.261 e. The molecule has 0 radical (unpaired) electrons. The summed E-state index contributed by atoms with van der Waals surface area (Å²) in [6.45, 7) is 2.44. The van der Waals surface area contributed by atoms with Gasteiger partial charge in [-0.25, -0.2) is 0 Å². The highest BCUT2D eigenvalue weighted by Gasteiger charge is 2.09. The lowest BCUT2D eigenvalue weighted by Gasteiger charge is -2.14. The van der Waals surface area contributed by atoms with E-state index in [1.165, 1.54) is 31.2 Å². The first-order valence-electron chi connectivity index (χ1n) is 7.06. The number of aliphatic hydroxyl groups excluding tert-OH is 1. The van der Waals surface area contributed by atoms with E-state index >= 15 is 0 Å². The monoisotopic (exact) mass is 336 g/mol. The molecule has 4 nitrogen and oxygen atoms in total. The van der Waals surface area contributed by atoms with Gasteiger partial charge in [0.15, 0.2) is 0 Å². The lowest BCUT2D eigenvalue weighted by Crippen LogP contribution is -2.04. The molecular weight excluding hydrogens is 312 g/mol. The second-order valence-corrected chi connectivity index (χ2v) is 6.92. The van der Waals surface area contributed by atoms with Gasteiger partial charge in [-0.1, -0.05) is 56.3 Å². The molecule has 0 aromatic heterocycles. The molecule has 6 heteroatoms. The molecule has 21 heavy (non-hydrogen) atoms. The van der Waals surface area contributed by atoms with Gasteiger partial charge in [0.25, 0.3) is 10.1 Å². The van der Waals surface area contributed by atoms with E-state index < -0.39 is 10.1 Å². The summed E-state index contributed by atoms with van der Waals surface area (Å²) in [6.07, 6.45) is 6.79. The average Bonchev–Trinajstić information content (AvgIpc) is 2.38. The fraction of sp³-hybridized carbons (Fsp3) is 0.600. The second-order valence-electron chi connectivity index (χ2n) is 5.01. The van der Waals surface area contributed by atoms with Crippen LogP contribution >= 0.6 is 11.6 Å². The molecule has 0 spiro atoms. The standard InChI is InChI=1S/C14H21ClO.CH4O3S/c1-2-3-4-5-6-13(11-16)12-7-9-14(15)10-8-12;1-5(2,3)4/h7-10,13,16H,2-6,11H2,1H3;1H3,(H,2,3,4). The molecular formula is C15H25ClO4S. The average molecular weight is 337 g/mol. The fourth-order valence-corrected chi connectivity index (χ4v) is 2.04. The van der Waals surface area contributed by atoms with E-state index in [-0.39, 0.29) is 12.5 Å². The Morgan fingerprint density at radius 3 is 2.10 bits per heavy atom. The van der Waals surface area contributed by atoms with Crippen molar-refractivity contribution in [1.82, 2.24) is 0 Å². The van der Waals surface area contributed by atoms with Crippen molar-refractivity contribution in [3.8, 4) is 0 Å². The third-order valence-electron chi connectivity index (χ3n) is 2.97. The topological polar surface area (TPSA) is 74.6 Å². The van der Waals surface area contributed by atoms with Crippen molar-refractivity contribution in [2.75, 3.05) is 12.9 Å². The minimum Gasteiger partial charge on any atom is -0.396 e. The summed E-state index contributed by atoms with van der Waals surface area (Å²) >= 11 is 5.84. The van der Waals surface area contributed by atoms with Gasteiger partial charge in [-0.2, -0.15) is 8.42 Å². The molecule has 1 aromatic carbocycles. The third kappa shape index (κ3) is 12.8. The van der Waals surface area contributed by atoms with E-state index in [0.717, 1.165) is 11.4 Å². The molecule has 1 atom stereocenters. The number of rotatable bonds is 7. The third-order valence-corrected chi connectivity index (χ3v) is 3.22. The highest BCUT2D eigenvalue weighted by atomic mass is 35.5. The number of unbranched alkanes of at least 4 members (excludes halogenated alkanes) is 3. The summed E-state index contributed by atoms with van der Waals surface area (Å²) < 4.78 is 25.9. The zero-order valence-corrected chi connectivity index (χ0v) is 14.2. The zero-order valence-electron chi connectivity index (χ0n) is 12.6. The van der Waals surface area contributed by atoms with Gasteiger partial charge in [0, 0.05) is 17.5 Å². The van der Waals surface area contributed by atoms with Gasteiger partial charge in [0.1, 0.15) is 0 Å². The highest BCUT2D eigenvalue weighted by molar-refractivity contribution is 7.85. The van der Waals surface area contributed by atoms with E-state index in [1.807, 2.05) is 24.3 Å². The summed E-state index contributed by atoms with van der Waals surface area (Å²) in [7, 11) is -3.67. The summed E-state index contributed by atoms with van der Waals surface area (Å²) in [5.41, 5.74) is 1.20. The molecule has 1 rings (SSSR count). The van der Waals surface area contributed by atoms with Crippen molar-refractivity contribution < 1.29 is 18.1 Å². The van der Waals surface area contributed by atoms with Crippen LogP contribution in [0.25, 0.3) is 0 Å². The molecule has 2 N–H and O–H groups in total. The Morgan fingerprint density at radius 2 is 1.67 bits per heavy atom. The number of halogens is 1. The molecule has 122 valence electrons. The van der Waals surface area contributed by atoms with Crippen molar-refractivity contribution in [3.05, 3.63) is 34.9 Å². The van der Waals surface area contributed by atoms with E-state index in [1.54, 1.807) is 0 Å². The first kappa shape index (κ1) is 20.4. The molecule has 0 saturated heterocycles. The Balaban J connectivity index is 0.000000690. The van der Waals surface area contributed by atoms with Gasteiger partial charge < -0.3 is 5.11 Å². The van der Waals surface area contributed by atoms with Gasteiger partial charge in [-0.05, 0) is 24.1 Å². The lowest BCUT2D eigenvalue weighted by atomic mass is 9.94. The van der Waals surface area contributed by atoms with Gasteiger partial charge in [0.05, 0.1) is 6.26 Å². The highest BCUT2D eigenvalue weighted by Crippen LogP contribution is 2.23. The number of aliphatic hydroxyl groups is 1. The Hall–Kier alpha value is -0.620. The van der Waals surface area contributed by atoms with Gasteiger partial charge in [-0.3, -0.25) is 4.55 Å². The predicted octanol–water partition coefficient (Wildman–Crippen LogP) is 3.89. The molecule has 0 heterocycles. The van der Waals surface area contributed by atoms with Crippen LogP contribution in [0.1, 0.15) is 50.5 Å². The lowest BCUT2D eigenvalue weighted by molar-refractivity contribution is 0.256. The zero-order chi connectivity index (χ0) is 16.3. The first-order valence-corrected chi connectivity index (χ1v) is 9.29. The Labute approximate surface area is 132 Å². The maximum absolute atomic E-state index is 9.37. The van der Waals surface area contributed by atoms with E-state index in [9.17, 15) is 13.5 Å². The summed E-state index contributed by atoms with van der Waals surface area (Å²) in [5, 5.41) is 10.1. The second kappa shape index (κ2) is 11.0. The van der Waals surface area contributed by atoms with Gasteiger partial charge in [-0.15, -0.1) is 0 Å². The predicted molar refractivity (Wildman–Crippen MR) is 87.5 cm³/mol. The maximum atomic E-state index is 9.37. The Kier molecular flexibility index (Phi) is 10.7.